The van der Waals surface area contributed by atoms with Crippen LogP contribution in [-0.2, 0) is 75.2 Å². The number of primary amides is 1. The number of carboxylic acids is 1. The summed E-state index contributed by atoms with van der Waals surface area (Å²) < 4.78 is 0. The molecule has 4 rings (SSSR count). The van der Waals surface area contributed by atoms with Gasteiger partial charge in [-0.15, -0.1) is 11.8 Å². The first kappa shape index (κ1) is 69.1. The maximum absolute atomic E-state index is 14.2. The molecular formula is C57H80N12O15S. The lowest BCUT2D eigenvalue weighted by Gasteiger charge is -2.24. The molecule has 2 aromatic carbocycles. The van der Waals surface area contributed by atoms with Crippen LogP contribution in [0.3, 0.4) is 0 Å². The van der Waals surface area contributed by atoms with Crippen molar-refractivity contribution in [2.24, 2.45) is 28.1 Å². The van der Waals surface area contributed by atoms with Crippen molar-refractivity contribution >= 4 is 94.3 Å². The quantitative estimate of drug-likeness (QED) is 0.0180. The molecule has 27 nitrogen and oxygen atoms in total. The Morgan fingerprint density at radius 1 is 0.706 bits per heavy atom. The number of phenols is 1. The molecule has 464 valence electrons. The zero-order valence-electron chi connectivity index (χ0n) is 47.7. The standard InChI is InChI=1S/C57H80N12O15S/c1-2-46(73)64-39(28-35-19-21-37(70)22-20-35)43(71)17-8-3-4-9-18-48(75)66-42(52(58)80)33-85-45-31-50(77)69(56(45)84)26-23-47(74)61-24-11-10-15-36-29-44(72)40(27-34-13-6-5-7-14-34)68-55(83)41(30-51(78)79)65-49(76)32-63-54(82)38(67-53(36)81)16-12-25-62-57(59)60/h5-7,13-14,19-22,36,38-42,45,70H,2-4,8-12,15-18,23-33H2,1H3,(H2,58,80)(H,61,74)(H,63,82)(H,64,73)(H,65,76)(H,66,75)(H,67,81)(H,68,83)(H,78,79)(H4,59,60,62)/t36?,38-,39-,40+,41+,42-,45?/m0/s1. The highest BCUT2D eigenvalue weighted by Crippen LogP contribution is 2.26. The lowest BCUT2D eigenvalue weighted by molar-refractivity contribution is -0.141. The zero-order chi connectivity index (χ0) is 62.4. The number of hydrogen-bond acceptors (Lipinski definition) is 16. The van der Waals surface area contributed by atoms with Crippen LogP contribution in [-0.4, -0.2) is 165 Å². The van der Waals surface area contributed by atoms with Crippen LogP contribution in [0.15, 0.2) is 59.6 Å². The first-order valence-electron chi connectivity index (χ1n) is 28.5. The lowest BCUT2D eigenvalue weighted by atomic mass is 9.90. The molecule has 2 aliphatic heterocycles. The molecule has 2 aliphatic rings. The molecule has 0 spiro atoms. The number of nitrogens with two attached hydrogens (primary N) is 3. The third kappa shape index (κ3) is 25.5. The fraction of sp³-hybridized carbons (Fsp3) is 0.544. The fourth-order valence-corrected chi connectivity index (χ4v) is 10.5. The van der Waals surface area contributed by atoms with E-state index in [0.29, 0.717) is 31.2 Å². The number of aromatic hydroxyl groups is 1. The number of aliphatic carboxylic acids is 1. The highest BCUT2D eigenvalue weighted by Gasteiger charge is 2.40. The van der Waals surface area contributed by atoms with Gasteiger partial charge in [0.1, 0.15) is 23.9 Å². The molecule has 0 radical (unpaired) electrons. The van der Waals surface area contributed by atoms with E-state index in [-0.39, 0.29) is 126 Å². The average molecular weight is 1210 g/mol. The van der Waals surface area contributed by atoms with E-state index in [4.69, 9.17) is 17.2 Å². The van der Waals surface area contributed by atoms with Crippen LogP contribution in [0.4, 0.5) is 0 Å². The molecule has 85 heavy (non-hydrogen) atoms. The normalized spacial score (nSPS) is 19.4. The van der Waals surface area contributed by atoms with Gasteiger partial charge in [-0.25, -0.2) is 0 Å². The first-order chi connectivity index (χ1) is 40.5. The van der Waals surface area contributed by atoms with Gasteiger partial charge in [0.2, 0.25) is 59.1 Å². The monoisotopic (exact) mass is 1200 g/mol. The smallest absolute Gasteiger partial charge is 0.305 e. The number of nitrogens with one attached hydrogen (secondary N) is 7. The van der Waals surface area contributed by atoms with Gasteiger partial charge in [0.25, 0.3) is 0 Å². The summed E-state index contributed by atoms with van der Waals surface area (Å²) in [6, 6.07) is 8.95. The van der Waals surface area contributed by atoms with Crippen LogP contribution >= 0.6 is 11.8 Å². The summed E-state index contributed by atoms with van der Waals surface area (Å²) in [6.45, 7) is 0.930. The maximum Gasteiger partial charge on any atom is 0.305 e. The minimum absolute atomic E-state index is 0.00120. The van der Waals surface area contributed by atoms with Crippen LogP contribution in [0.5, 0.6) is 5.75 Å². The van der Waals surface area contributed by atoms with Crippen molar-refractivity contribution in [3.05, 3.63) is 65.7 Å². The van der Waals surface area contributed by atoms with Crippen molar-refractivity contribution in [3.8, 4) is 5.75 Å². The second kappa shape index (κ2) is 36.3. The molecule has 2 saturated heterocycles. The fourth-order valence-electron chi connectivity index (χ4n) is 9.32. The average Bonchev–Trinajstić information content (AvgIpc) is 3.79. The summed E-state index contributed by atoms with van der Waals surface area (Å²) >= 11 is 0.974. The Kier molecular flexibility index (Phi) is 29.5. The third-order valence-electron chi connectivity index (χ3n) is 14.0. The largest absolute Gasteiger partial charge is 0.508 e. The molecule has 10 amide bonds. The van der Waals surface area contributed by atoms with Crippen molar-refractivity contribution in [2.45, 2.75) is 158 Å². The number of ketones is 2. The number of thioether (sulfide) groups is 1. The number of nitrogens with zero attached hydrogens (tertiary/aromatic N) is 2. The number of imide groups is 1. The number of amides is 10. The molecule has 0 saturated carbocycles. The molecular weight excluding hydrogens is 1120 g/mol. The molecule has 2 unspecified atom stereocenters. The molecule has 0 aromatic heterocycles. The molecule has 15 N–H and O–H groups in total. The van der Waals surface area contributed by atoms with E-state index in [9.17, 15) is 72.5 Å². The molecule has 2 fully saturated rings. The van der Waals surface area contributed by atoms with Crippen LogP contribution in [0, 0.1) is 5.92 Å². The van der Waals surface area contributed by atoms with Gasteiger partial charge >= 0.3 is 5.97 Å². The van der Waals surface area contributed by atoms with Gasteiger partial charge < -0.3 is 64.6 Å². The first-order valence-corrected chi connectivity index (χ1v) is 29.5. The number of rotatable bonds is 33. The van der Waals surface area contributed by atoms with Crippen LogP contribution in [0.1, 0.15) is 121 Å². The van der Waals surface area contributed by atoms with Gasteiger partial charge in [-0.1, -0.05) is 68.7 Å². The zero-order valence-corrected chi connectivity index (χ0v) is 48.6. The van der Waals surface area contributed by atoms with Gasteiger partial charge in [-0.3, -0.25) is 72.2 Å². The van der Waals surface area contributed by atoms with Crippen molar-refractivity contribution in [1.29, 1.82) is 0 Å². The Bertz CT molecular complexity index is 2710. The van der Waals surface area contributed by atoms with Gasteiger partial charge in [0.15, 0.2) is 17.5 Å². The predicted octanol–water partition coefficient (Wildman–Crippen LogP) is -0.823. The van der Waals surface area contributed by atoms with Crippen molar-refractivity contribution in [3.63, 3.8) is 0 Å². The minimum Gasteiger partial charge on any atom is -0.508 e. The van der Waals surface area contributed by atoms with E-state index in [1.165, 1.54) is 12.1 Å². The highest BCUT2D eigenvalue weighted by molar-refractivity contribution is 8.00. The molecule has 2 aromatic rings. The van der Waals surface area contributed by atoms with Crippen molar-refractivity contribution in [1.82, 2.24) is 42.1 Å². The Hall–Kier alpha value is -8.43. The van der Waals surface area contributed by atoms with Crippen LogP contribution in [0.25, 0.3) is 0 Å². The minimum atomic E-state index is -1.63. The summed E-state index contributed by atoms with van der Waals surface area (Å²) in [5.74, 6) is -10.0. The van der Waals surface area contributed by atoms with E-state index < -0.39 is 126 Å². The topological polar surface area (TPSA) is 440 Å². The number of unbranched alkanes of at least 4 members (excludes halogenated alkanes) is 4. The Balaban J connectivity index is 1.26. The Labute approximate surface area is 496 Å². The van der Waals surface area contributed by atoms with E-state index in [2.05, 4.69) is 42.2 Å². The summed E-state index contributed by atoms with van der Waals surface area (Å²) in [7, 11) is 0. The number of carboxylic acid groups (broad SMARTS) is 1. The molecule has 0 aliphatic carbocycles. The number of benzene rings is 2. The number of carbonyl (C=O) groups is 13. The molecule has 28 heteroatoms. The lowest BCUT2D eigenvalue weighted by Crippen LogP contribution is -2.54. The van der Waals surface area contributed by atoms with Gasteiger partial charge in [-0.2, -0.15) is 0 Å². The second-order valence-corrected chi connectivity index (χ2v) is 22.1. The molecule has 2 heterocycles. The number of phenolic OH excluding ortho intramolecular Hbond substituents is 1. The summed E-state index contributed by atoms with van der Waals surface area (Å²) in [5.41, 5.74) is 17.9. The van der Waals surface area contributed by atoms with Gasteiger partial charge in [0, 0.05) is 69.8 Å². The molecule has 0 bridgehead atoms. The van der Waals surface area contributed by atoms with E-state index in [1.54, 1.807) is 49.4 Å². The van der Waals surface area contributed by atoms with Gasteiger partial charge in [-0.05, 0) is 74.6 Å². The van der Waals surface area contributed by atoms with Crippen molar-refractivity contribution in [2.75, 3.05) is 31.9 Å². The van der Waals surface area contributed by atoms with Crippen LogP contribution in [0.2, 0.25) is 0 Å². The number of carbonyl (C=O) groups excluding carboxylic acids is 12. The Morgan fingerprint density at radius 3 is 2.06 bits per heavy atom. The van der Waals surface area contributed by atoms with E-state index >= 15 is 0 Å². The predicted molar refractivity (Wildman–Crippen MR) is 311 cm³/mol. The SMILES string of the molecule is CCC(=O)N[C@@H](Cc1ccc(O)cc1)C(=O)CCCCCCC(=O)N[C@@H](CSC1CC(=O)N(CCC(=O)NCCCCC2CC(=O)[C@@H](Cc3ccccc3)NC(=O)[C@@H](CC(=O)O)NC(=O)CNC(=O)[C@H](CCCN=C(N)N)NC2=O)C1=O)C(N)=O. The number of hydrogen-bond donors (Lipinski definition) is 12. The number of Topliss-reactive ketones (excluding diaryl/α,β-unsaturated/α-hetero) is 2. The summed E-state index contributed by atoms with van der Waals surface area (Å²) in [6.07, 6.45) is 1.95. The van der Waals surface area contributed by atoms with Crippen molar-refractivity contribution < 1.29 is 72.5 Å². The highest BCUT2D eigenvalue weighted by atomic mass is 32.2. The third-order valence-corrected chi connectivity index (χ3v) is 15.3. The number of guanidine groups is 1. The Morgan fingerprint density at radius 2 is 1.39 bits per heavy atom. The number of likely N-dealkylation sites (tertiary alicyclic amines) is 1. The van der Waals surface area contributed by atoms with E-state index in [0.717, 1.165) is 22.2 Å². The van der Waals surface area contributed by atoms with E-state index in [1.807, 2.05) is 0 Å². The molecule has 7 atom stereocenters. The van der Waals surface area contributed by atoms with Gasteiger partial charge in [0.05, 0.1) is 30.3 Å². The summed E-state index contributed by atoms with van der Waals surface area (Å²) in [5, 5.41) is 36.3. The maximum atomic E-state index is 14.2. The number of aliphatic imine (C=N–C) groups is 1. The second-order valence-electron chi connectivity index (χ2n) is 20.8. The van der Waals surface area contributed by atoms with Crippen LogP contribution < -0.4 is 54.4 Å². The summed E-state index contributed by atoms with van der Waals surface area (Å²) in [4.78, 5) is 175.